The van der Waals surface area contributed by atoms with Gasteiger partial charge >= 0.3 is 0 Å². The topological polar surface area (TPSA) is 59.8 Å². The summed E-state index contributed by atoms with van der Waals surface area (Å²) in [6.45, 7) is 2.22. The first-order valence-electron chi connectivity index (χ1n) is 10.1. The van der Waals surface area contributed by atoms with Crippen molar-refractivity contribution < 1.29 is 13.6 Å². The summed E-state index contributed by atoms with van der Waals surface area (Å²) < 4.78 is 28.8. The molecule has 2 aromatic heterocycles. The second-order valence-electron chi connectivity index (χ2n) is 7.41. The molecule has 0 saturated carbocycles. The Hall–Kier alpha value is -3.61. The number of halogens is 2. The maximum atomic E-state index is 13.7. The Bertz CT molecular complexity index is 1210. The third kappa shape index (κ3) is 4.77. The second-order valence-corrected chi connectivity index (χ2v) is 7.41. The molecule has 0 fully saturated rings. The molecule has 0 aliphatic carbocycles. The van der Waals surface area contributed by atoms with E-state index in [1.165, 1.54) is 12.1 Å². The van der Waals surface area contributed by atoms with Crippen LogP contribution in [0.15, 0.2) is 66.9 Å². The third-order valence-corrected chi connectivity index (χ3v) is 5.16. The highest BCUT2D eigenvalue weighted by molar-refractivity contribution is 5.77. The van der Waals surface area contributed by atoms with Gasteiger partial charge < -0.3 is 9.88 Å². The number of benzene rings is 2. The van der Waals surface area contributed by atoms with Gasteiger partial charge in [0.1, 0.15) is 11.3 Å². The van der Waals surface area contributed by atoms with Gasteiger partial charge in [0.2, 0.25) is 5.91 Å². The average molecular weight is 420 g/mol. The van der Waals surface area contributed by atoms with Gasteiger partial charge in [0.15, 0.2) is 17.3 Å². The zero-order valence-corrected chi connectivity index (χ0v) is 17.1. The number of fused-ring (bicyclic) bond motifs is 1. The molecule has 0 saturated heterocycles. The van der Waals surface area contributed by atoms with Crippen LogP contribution in [-0.4, -0.2) is 20.4 Å². The molecule has 31 heavy (non-hydrogen) atoms. The molecule has 1 N–H and O–H groups in total. The molecule has 1 amide bonds. The molecule has 2 aromatic carbocycles. The number of aromatic nitrogens is 3. The lowest BCUT2D eigenvalue weighted by Gasteiger charge is -2.14. The number of amides is 1. The largest absolute Gasteiger partial charge is 0.350 e. The highest BCUT2D eigenvalue weighted by atomic mass is 19.2. The minimum absolute atomic E-state index is 0.0873. The fourth-order valence-electron chi connectivity index (χ4n) is 3.55. The molecule has 1 unspecified atom stereocenters. The average Bonchev–Trinajstić information content (AvgIpc) is 3.13. The van der Waals surface area contributed by atoms with E-state index in [4.69, 9.17) is 0 Å². The molecule has 5 nitrogen and oxygen atoms in total. The maximum Gasteiger partial charge on any atom is 0.220 e. The summed E-state index contributed by atoms with van der Waals surface area (Å²) in [5, 5.41) is 3.00. The van der Waals surface area contributed by atoms with Crippen LogP contribution >= 0.6 is 0 Å². The summed E-state index contributed by atoms with van der Waals surface area (Å²) in [7, 11) is 0. The van der Waals surface area contributed by atoms with Crippen molar-refractivity contribution in [1.82, 2.24) is 19.9 Å². The molecule has 0 aliphatic heterocycles. The highest BCUT2D eigenvalue weighted by Gasteiger charge is 2.15. The summed E-state index contributed by atoms with van der Waals surface area (Å²) >= 11 is 0. The molecular weight excluding hydrogens is 398 g/mol. The fourth-order valence-corrected chi connectivity index (χ4v) is 3.55. The number of rotatable bonds is 7. The SMILES string of the molecule is CC(NC(=O)CCc1nc2cccnc2n1Cc1ccc(F)c(F)c1)c1ccccc1. The van der Waals surface area contributed by atoms with Gasteiger partial charge in [-0.05, 0) is 42.3 Å². The molecule has 4 aromatic rings. The van der Waals surface area contributed by atoms with Gasteiger partial charge in [0.25, 0.3) is 0 Å². The molecule has 4 rings (SSSR count). The Morgan fingerprint density at radius 3 is 2.65 bits per heavy atom. The lowest BCUT2D eigenvalue weighted by atomic mass is 10.1. The second kappa shape index (κ2) is 9.04. The van der Waals surface area contributed by atoms with E-state index < -0.39 is 11.6 Å². The standard InChI is InChI=1S/C24H22F2N4O/c1-16(18-6-3-2-4-7-18)28-23(31)12-11-22-29-21-8-5-13-27-24(21)30(22)15-17-9-10-19(25)20(26)14-17/h2-10,13-14,16H,11-12,15H2,1H3,(H,28,31). The number of hydrogen-bond donors (Lipinski definition) is 1. The van der Waals surface area contributed by atoms with Gasteiger partial charge in [-0.25, -0.2) is 18.7 Å². The van der Waals surface area contributed by atoms with E-state index in [9.17, 15) is 13.6 Å². The van der Waals surface area contributed by atoms with Crippen LogP contribution in [0.2, 0.25) is 0 Å². The van der Waals surface area contributed by atoms with Crippen molar-refractivity contribution >= 4 is 17.1 Å². The normalized spacial score (nSPS) is 12.1. The van der Waals surface area contributed by atoms with E-state index in [1.807, 2.05) is 47.9 Å². The van der Waals surface area contributed by atoms with E-state index >= 15 is 0 Å². The van der Waals surface area contributed by atoms with Crippen LogP contribution in [0.3, 0.4) is 0 Å². The van der Waals surface area contributed by atoms with E-state index in [0.717, 1.165) is 11.6 Å². The van der Waals surface area contributed by atoms with Gasteiger partial charge in [-0.2, -0.15) is 0 Å². The van der Waals surface area contributed by atoms with Crippen molar-refractivity contribution in [2.24, 2.45) is 0 Å². The summed E-state index contributed by atoms with van der Waals surface area (Å²) in [6.07, 6.45) is 2.30. The van der Waals surface area contributed by atoms with Crippen molar-refractivity contribution in [3.63, 3.8) is 0 Å². The quantitative estimate of drug-likeness (QED) is 0.477. The molecule has 2 heterocycles. The van der Waals surface area contributed by atoms with Gasteiger partial charge in [-0.15, -0.1) is 0 Å². The molecule has 7 heteroatoms. The number of nitrogens with zero attached hydrogens (tertiary/aromatic N) is 3. The van der Waals surface area contributed by atoms with Crippen LogP contribution in [0.4, 0.5) is 8.78 Å². The maximum absolute atomic E-state index is 13.7. The van der Waals surface area contributed by atoms with Crippen LogP contribution in [-0.2, 0) is 17.8 Å². The number of pyridine rings is 1. The fraction of sp³-hybridized carbons (Fsp3) is 0.208. The third-order valence-electron chi connectivity index (χ3n) is 5.16. The summed E-state index contributed by atoms with van der Waals surface area (Å²) in [5.41, 5.74) is 2.95. The van der Waals surface area contributed by atoms with Gasteiger partial charge in [-0.1, -0.05) is 36.4 Å². The van der Waals surface area contributed by atoms with E-state index in [2.05, 4.69) is 15.3 Å². The van der Waals surface area contributed by atoms with E-state index in [-0.39, 0.29) is 24.9 Å². The summed E-state index contributed by atoms with van der Waals surface area (Å²) in [4.78, 5) is 21.5. The zero-order chi connectivity index (χ0) is 21.8. The number of imidazole rings is 1. The predicted molar refractivity (Wildman–Crippen MR) is 114 cm³/mol. The van der Waals surface area contributed by atoms with Gasteiger partial charge in [0.05, 0.1) is 12.6 Å². The van der Waals surface area contributed by atoms with Gasteiger partial charge in [-0.3, -0.25) is 4.79 Å². The number of hydrogen-bond acceptors (Lipinski definition) is 3. The van der Waals surface area contributed by atoms with Crippen LogP contribution in [0.1, 0.15) is 36.3 Å². The predicted octanol–water partition coefficient (Wildman–Crippen LogP) is 4.57. The molecule has 158 valence electrons. The first-order valence-corrected chi connectivity index (χ1v) is 10.1. The minimum Gasteiger partial charge on any atom is -0.350 e. The Labute approximate surface area is 178 Å². The Morgan fingerprint density at radius 1 is 1.06 bits per heavy atom. The summed E-state index contributed by atoms with van der Waals surface area (Å²) in [5.74, 6) is -1.20. The van der Waals surface area contributed by atoms with Crippen molar-refractivity contribution in [3.8, 4) is 0 Å². The van der Waals surface area contributed by atoms with Crippen LogP contribution in [0.5, 0.6) is 0 Å². The zero-order valence-electron chi connectivity index (χ0n) is 17.1. The molecule has 1 atom stereocenters. The number of nitrogens with one attached hydrogen (secondary N) is 1. The van der Waals surface area contributed by atoms with Crippen molar-refractivity contribution in [3.05, 3.63) is 95.4 Å². The first kappa shape index (κ1) is 20.7. The molecular formula is C24H22F2N4O. The molecule has 0 spiro atoms. The van der Waals surface area contributed by atoms with E-state index in [1.54, 1.807) is 12.3 Å². The number of carbonyl (C=O) groups is 1. The Kier molecular flexibility index (Phi) is 6.02. The minimum atomic E-state index is -0.897. The van der Waals surface area contributed by atoms with E-state index in [0.29, 0.717) is 29.0 Å². The van der Waals surface area contributed by atoms with Crippen LogP contribution in [0, 0.1) is 11.6 Å². The van der Waals surface area contributed by atoms with Crippen LogP contribution < -0.4 is 5.32 Å². The van der Waals surface area contributed by atoms with Crippen molar-refractivity contribution in [1.29, 1.82) is 0 Å². The first-order chi connectivity index (χ1) is 15.0. The van der Waals surface area contributed by atoms with Crippen molar-refractivity contribution in [2.75, 3.05) is 0 Å². The highest BCUT2D eigenvalue weighted by Crippen LogP contribution is 2.19. The van der Waals surface area contributed by atoms with Crippen LogP contribution in [0.25, 0.3) is 11.2 Å². The molecule has 0 radical (unpaired) electrons. The smallest absolute Gasteiger partial charge is 0.220 e. The van der Waals surface area contributed by atoms with Gasteiger partial charge in [0, 0.05) is 19.0 Å². The number of carbonyl (C=O) groups excluding carboxylic acids is 1. The molecule has 0 bridgehead atoms. The Balaban J connectivity index is 1.51. The lowest BCUT2D eigenvalue weighted by molar-refractivity contribution is -0.121. The van der Waals surface area contributed by atoms with Crippen molar-refractivity contribution in [2.45, 2.75) is 32.4 Å². The lowest BCUT2D eigenvalue weighted by Crippen LogP contribution is -2.27. The number of aryl methyl sites for hydroxylation is 1. The summed E-state index contributed by atoms with van der Waals surface area (Å²) in [6, 6.07) is 17.1. The molecule has 0 aliphatic rings. The Morgan fingerprint density at radius 2 is 1.87 bits per heavy atom. The monoisotopic (exact) mass is 420 g/mol.